The molecule has 0 radical (unpaired) electrons. The van der Waals surface area contributed by atoms with Crippen LogP contribution in [0.1, 0.15) is 10.4 Å². The van der Waals surface area contributed by atoms with Crippen molar-refractivity contribution in [2.45, 2.75) is 0 Å². The van der Waals surface area contributed by atoms with E-state index < -0.39 is 0 Å². The van der Waals surface area contributed by atoms with Gasteiger partial charge in [0.05, 0.1) is 5.56 Å². The van der Waals surface area contributed by atoms with Crippen molar-refractivity contribution in [3.63, 3.8) is 0 Å². The van der Waals surface area contributed by atoms with Crippen LogP contribution in [0.4, 0.5) is 5.69 Å². The molecule has 0 spiro atoms. The second-order valence-corrected chi connectivity index (χ2v) is 4.57. The summed E-state index contributed by atoms with van der Waals surface area (Å²) in [6.07, 6.45) is 3.39. The summed E-state index contributed by atoms with van der Waals surface area (Å²) in [6.45, 7) is 8.28. The number of anilines is 1. The van der Waals surface area contributed by atoms with Gasteiger partial charge in [-0.15, -0.1) is 13.2 Å². The first-order valence-corrected chi connectivity index (χ1v) is 6.46. The fourth-order valence-electron chi connectivity index (χ4n) is 2.17. The number of rotatable bonds is 5. The number of hydrogen-bond acceptors (Lipinski definition) is 2. The highest BCUT2D eigenvalue weighted by Crippen LogP contribution is 2.23. The molecule has 102 valence electrons. The summed E-state index contributed by atoms with van der Waals surface area (Å²) < 4.78 is 0. The van der Waals surface area contributed by atoms with Gasteiger partial charge in [-0.3, -0.25) is 4.79 Å². The van der Waals surface area contributed by atoms with Gasteiger partial charge >= 0.3 is 0 Å². The van der Waals surface area contributed by atoms with E-state index in [1.807, 2.05) is 36.4 Å². The van der Waals surface area contributed by atoms with Gasteiger partial charge in [0.25, 0.3) is 5.91 Å². The molecule has 0 heterocycles. The van der Waals surface area contributed by atoms with Gasteiger partial charge in [-0.1, -0.05) is 36.4 Å². The second-order valence-electron chi connectivity index (χ2n) is 4.57. The Bertz CT molecular complexity index is 651. The summed E-state index contributed by atoms with van der Waals surface area (Å²) in [4.78, 5) is 14.2. The Labute approximate surface area is 119 Å². The monoisotopic (exact) mass is 266 g/mol. The van der Waals surface area contributed by atoms with Crippen molar-refractivity contribution in [2.24, 2.45) is 0 Å². The molecule has 20 heavy (non-hydrogen) atoms. The smallest absolute Gasteiger partial charge is 0.256 e. The molecule has 0 fully saturated rings. The van der Waals surface area contributed by atoms with Crippen molar-refractivity contribution in [1.29, 1.82) is 0 Å². The molecule has 3 heteroatoms. The minimum absolute atomic E-state index is 0.104. The molecule has 1 amide bonds. The number of carbonyl (C=O) groups excluding carboxylic acids is 1. The number of nitrogens with zero attached hydrogens (tertiary/aromatic N) is 1. The molecular weight excluding hydrogens is 248 g/mol. The van der Waals surface area contributed by atoms with Crippen LogP contribution in [-0.4, -0.2) is 23.9 Å². The Morgan fingerprint density at radius 2 is 1.65 bits per heavy atom. The van der Waals surface area contributed by atoms with E-state index in [1.54, 1.807) is 17.1 Å². The summed E-state index contributed by atoms with van der Waals surface area (Å²) in [6, 6.07) is 11.5. The van der Waals surface area contributed by atoms with E-state index in [1.165, 1.54) is 0 Å². The Morgan fingerprint density at radius 1 is 1.10 bits per heavy atom. The summed E-state index contributed by atoms with van der Waals surface area (Å²) in [5.41, 5.74) is 7.03. The van der Waals surface area contributed by atoms with Crippen LogP contribution in [0.2, 0.25) is 0 Å². The van der Waals surface area contributed by atoms with E-state index >= 15 is 0 Å². The highest BCUT2D eigenvalue weighted by atomic mass is 16.2. The minimum Gasteiger partial charge on any atom is -0.398 e. The fraction of sp³-hybridized carbons (Fsp3) is 0.118. The molecule has 0 saturated heterocycles. The molecule has 0 unspecified atom stereocenters. The van der Waals surface area contributed by atoms with E-state index in [4.69, 9.17) is 5.73 Å². The van der Waals surface area contributed by atoms with Gasteiger partial charge in [0.2, 0.25) is 0 Å². The van der Waals surface area contributed by atoms with E-state index in [0.29, 0.717) is 24.3 Å². The van der Waals surface area contributed by atoms with Gasteiger partial charge in [-0.05, 0) is 22.9 Å². The molecule has 2 aromatic carbocycles. The summed E-state index contributed by atoms with van der Waals surface area (Å²) >= 11 is 0. The van der Waals surface area contributed by atoms with Gasteiger partial charge in [0, 0.05) is 18.8 Å². The van der Waals surface area contributed by atoms with Crippen molar-refractivity contribution >= 4 is 22.4 Å². The summed E-state index contributed by atoms with van der Waals surface area (Å²) in [5.74, 6) is -0.104. The zero-order valence-corrected chi connectivity index (χ0v) is 11.4. The summed E-state index contributed by atoms with van der Waals surface area (Å²) in [7, 11) is 0. The number of amides is 1. The maximum absolute atomic E-state index is 12.5. The SMILES string of the molecule is C=CCN(CC=C)C(=O)c1cc2ccccc2cc1N. The minimum atomic E-state index is -0.104. The zero-order valence-electron chi connectivity index (χ0n) is 11.4. The first kappa shape index (κ1) is 13.9. The van der Waals surface area contributed by atoms with Crippen LogP contribution >= 0.6 is 0 Å². The van der Waals surface area contributed by atoms with Crippen LogP contribution in [0, 0.1) is 0 Å². The topological polar surface area (TPSA) is 46.3 Å². The van der Waals surface area contributed by atoms with Gasteiger partial charge < -0.3 is 10.6 Å². The molecule has 2 rings (SSSR count). The lowest BCUT2D eigenvalue weighted by molar-refractivity contribution is 0.0792. The molecule has 0 bridgehead atoms. The van der Waals surface area contributed by atoms with Crippen LogP contribution in [0.5, 0.6) is 0 Å². The Balaban J connectivity index is 2.44. The highest BCUT2D eigenvalue weighted by Gasteiger charge is 2.16. The van der Waals surface area contributed by atoms with Crippen LogP contribution < -0.4 is 5.73 Å². The van der Waals surface area contributed by atoms with Crippen molar-refractivity contribution in [3.8, 4) is 0 Å². The number of benzene rings is 2. The summed E-state index contributed by atoms with van der Waals surface area (Å²) in [5, 5.41) is 2.03. The van der Waals surface area contributed by atoms with Crippen molar-refractivity contribution in [2.75, 3.05) is 18.8 Å². The average molecular weight is 266 g/mol. The van der Waals surface area contributed by atoms with Gasteiger partial charge in [-0.2, -0.15) is 0 Å². The first-order chi connectivity index (χ1) is 9.67. The lowest BCUT2D eigenvalue weighted by Gasteiger charge is -2.20. The Kier molecular flexibility index (Phi) is 4.20. The number of nitrogens with two attached hydrogens (primary N) is 1. The Hall–Kier alpha value is -2.55. The molecule has 0 aliphatic rings. The second kappa shape index (κ2) is 6.06. The molecule has 0 aliphatic heterocycles. The molecule has 0 saturated carbocycles. The zero-order chi connectivity index (χ0) is 14.5. The predicted octanol–water partition coefficient (Wildman–Crippen LogP) is 3.24. The molecule has 2 N–H and O–H groups in total. The Morgan fingerprint density at radius 3 is 2.20 bits per heavy atom. The van der Waals surface area contributed by atoms with Crippen LogP contribution in [0.3, 0.4) is 0 Å². The fourth-order valence-corrected chi connectivity index (χ4v) is 2.17. The third kappa shape index (κ3) is 2.72. The van der Waals surface area contributed by atoms with Crippen molar-refractivity contribution in [1.82, 2.24) is 4.90 Å². The quantitative estimate of drug-likeness (QED) is 0.667. The number of carbonyl (C=O) groups is 1. The van der Waals surface area contributed by atoms with Gasteiger partial charge in [0.15, 0.2) is 0 Å². The predicted molar refractivity (Wildman–Crippen MR) is 84.7 cm³/mol. The number of fused-ring (bicyclic) bond motifs is 1. The first-order valence-electron chi connectivity index (χ1n) is 6.46. The third-order valence-electron chi connectivity index (χ3n) is 3.13. The van der Waals surface area contributed by atoms with Crippen molar-refractivity contribution < 1.29 is 4.79 Å². The van der Waals surface area contributed by atoms with E-state index in [0.717, 1.165) is 10.8 Å². The lowest BCUT2D eigenvalue weighted by Crippen LogP contribution is -2.31. The van der Waals surface area contributed by atoms with E-state index in [2.05, 4.69) is 13.2 Å². The molecule has 3 nitrogen and oxygen atoms in total. The number of nitrogen functional groups attached to an aromatic ring is 1. The molecular formula is C17H18N2O. The number of hydrogen-bond donors (Lipinski definition) is 1. The highest BCUT2D eigenvalue weighted by molar-refractivity contribution is 6.04. The van der Waals surface area contributed by atoms with Crippen LogP contribution in [-0.2, 0) is 0 Å². The molecule has 0 aliphatic carbocycles. The largest absolute Gasteiger partial charge is 0.398 e. The van der Waals surface area contributed by atoms with E-state index in [9.17, 15) is 4.79 Å². The standard InChI is InChI=1S/C17H18N2O/c1-3-9-19(10-4-2)17(20)15-11-13-7-5-6-8-14(13)12-16(15)18/h3-8,11-12H,1-2,9-10,18H2. The molecule has 0 aromatic heterocycles. The van der Waals surface area contributed by atoms with Crippen LogP contribution in [0.25, 0.3) is 10.8 Å². The average Bonchev–Trinajstić information content (AvgIpc) is 2.45. The van der Waals surface area contributed by atoms with Gasteiger partial charge in [0.1, 0.15) is 0 Å². The maximum atomic E-state index is 12.5. The van der Waals surface area contributed by atoms with Gasteiger partial charge in [-0.25, -0.2) is 0 Å². The molecule has 0 atom stereocenters. The lowest BCUT2D eigenvalue weighted by atomic mass is 10.0. The third-order valence-corrected chi connectivity index (χ3v) is 3.13. The molecule has 2 aromatic rings. The van der Waals surface area contributed by atoms with Crippen molar-refractivity contribution in [3.05, 3.63) is 67.3 Å². The normalized spacial score (nSPS) is 10.2. The van der Waals surface area contributed by atoms with E-state index in [-0.39, 0.29) is 5.91 Å². The maximum Gasteiger partial charge on any atom is 0.256 e. The van der Waals surface area contributed by atoms with Crippen LogP contribution in [0.15, 0.2) is 61.7 Å².